The number of carbonyl (C=O) groups is 1. The number of benzene rings is 1. The largest absolute Gasteiger partial charge is 0.353 e. The number of hydrogen-bond acceptors (Lipinski definition) is 6. The number of para-hydroxylation sites is 2. The Morgan fingerprint density at radius 1 is 0.938 bits per heavy atom. The van der Waals surface area contributed by atoms with Gasteiger partial charge in [-0.1, -0.05) is 12.1 Å². The van der Waals surface area contributed by atoms with E-state index < -0.39 is 0 Å². The van der Waals surface area contributed by atoms with Gasteiger partial charge < -0.3 is 14.4 Å². The van der Waals surface area contributed by atoms with Gasteiger partial charge in [0.1, 0.15) is 30.3 Å². The number of aromatic nitrogens is 6. The van der Waals surface area contributed by atoms with Gasteiger partial charge in [-0.15, -0.1) is 0 Å². The SMILES string of the molecule is Cc1nc(N2CCN(C(=O)Cn3cnc4ccccc43)CC2)cc(-n2cnc(C)c2C)n1. The summed E-state index contributed by atoms with van der Waals surface area (Å²) in [6.45, 7) is 9.01. The van der Waals surface area contributed by atoms with Crippen molar-refractivity contribution < 1.29 is 4.79 Å². The number of carbonyl (C=O) groups excluding carboxylic acids is 1. The van der Waals surface area contributed by atoms with Crippen molar-refractivity contribution in [1.82, 2.24) is 34.0 Å². The second-order valence-electron chi connectivity index (χ2n) is 8.15. The van der Waals surface area contributed by atoms with Gasteiger partial charge in [-0.25, -0.2) is 19.9 Å². The van der Waals surface area contributed by atoms with Gasteiger partial charge in [-0.3, -0.25) is 9.36 Å². The lowest BCUT2D eigenvalue weighted by atomic mass is 10.3. The molecule has 1 aliphatic heterocycles. The molecule has 4 heterocycles. The summed E-state index contributed by atoms with van der Waals surface area (Å²) < 4.78 is 3.91. The number of nitrogens with zero attached hydrogens (tertiary/aromatic N) is 8. The van der Waals surface area contributed by atoms with Crippen LogP contribution in [0.4, 0.5) is 5.82 Å². The first-order valence-corrected chi connectivity index (χ1v) is 10.8. The Kier molecular flexibility index (Phi) is 5.08. The van der Waals surface area contributed by atoms with Crippen LogP contribution in [0.1, 0.15) is 17.2 Å². The standard InChI is InChI=1S/C23H26N8O/c1-16-17(2)31(15-24-16)22-12-21(26-18(3)27-22)28-8-10-29(11-9-28)23(32)13-30-14-25-19-6-4-5-7-20(19)30/h4-7,12,14-15H,8-11,13H2,1-3H3. The molecule has 4 aromatic rings. The highest BCUT2D eigenvalue weighted by atomic mass is 16.2. The van der Waals surface area contributed by atoms with Crippen LogP contribution in [0, 0.1) is 20.8 Å². The van der Waals surface area contributed by atoms with Crippen LogP contribution in [0.25, 0.3) is 16.9 Å². The number of hydrogen-bond donors (Lipinski definition) is 0. The summed E-state index contributed by atoms with van der Waals surface area (Å²) in [6, 6.07) is 9.87. The summed E-state index contributed by atoms with van der Waals surface area (Å²) in [7, 11) is 0. The van der Waals surface area contributed by atoms with Gasteiger partial charge in [0.05, 0.1) is 23.1 Å². The Morgan fingerprint density at radius 3 is 2.44 bits per heavy atom. The minimum atomic E-state index is 0.108. The van der Waals surface area contributed by atoms with Crippen LogP contribution in [0.3, 0.4) is 0 Å². The predicted octanol–water partition coefficient (Wildman–Crippen LogP) is 2.29. The smallest absolute Gasteiger partial charge is 0.242 e. The van der Waals surface area contributed by atoms with Crippen LogP contribution in [-0.2, 0) is 11.3 Å². The number of piperazine rings is 1. The molecule has 0 saturated carbocycles. The first-order valence-electron chi connectivity index (χ1n) is 10.8. The van der Waals surface area contributed by atoms with Gasteiger partial charge in [0.15, 0.2) is 0 Å². The molecule has 1 fully saturated rings. The molecule has 0 unspecified atom stereocenters. The zero-order chi connectivity index (χ0) is 22.2. The number of fused-ring (bicyclic) bond motifs is 1. The molecule has 1 aromatic carbocycles. The van der Waals surface area contributed by atoms with Gasteiger partial charge in [-0.05, 0) is 32.9 Å². The average molecular weight is 431 g/mol. The molecule has 164 valence electrons. The van der Waals surface area contributed by atoms with Gasteiger partial charge >= 0.3 is 0 Å². The molecule has 0 radical (unpaired) electrons. The van der Waals surface area contributed by atoms with Crippen molar-refractivity contribution in [2.45, 2.75) is 27.3 Å². The summed E-state index contributed by atoms with van der Waals surface area (Å²) >= 11 is 0. The number of anilines is 1. The van der Waals surface area contributed by atoms with Gasteiger partial charge in [-0.2, -0.15) is 0 Å². The molecule has 1 aliphatic rings. The third kappa shape index (κ3) is 3.70. The molecular weight excluding hydrogens is 404 g/mol. The molecule has 1 saturated heterocycles. The van der Waals surface area contributed by atoms with E-state index in [0.717, 1.165) is 47.1 Å². The topological polar surface area (TPSA) is 85.0 Å². The summed E-state index contributed by atoms with van der Waals surface area (Å²) in [5, 5.41) is 0. The maximum atomic E-state index is 12.9. The van der Waals surface area contributed by atoms with Gasteiger partial charge in [0.25, 0.3) is 0 Å². The summed E-state index contributed by atoms with van der Waals surface area (Å²) in [4.78, 5) is 35.1. The highest BCUT2D eigenvalue weighted by Gasteiger charge is 2.23. The number of amides is 1. The summed E-state index contributed by atoms with van der Waals surface area (Å²) in [5.41, 5.74) is 3.94. The molecule has 1 amide bonds. The number of imidazole rings is 2. The van der Waals surface area contributed by atoms with Crippen molar-refractivity contribution in [2.24, 2.45) is 0 Å². The second kappa shape index (κ2) is 8.07. The van der Waals surface area contributed by atoms with Crippen molar-refractivity contribution in [3.05, 3.63) is 60.2 Å². The third-order valence-electron chi connectivity index (χ3n) is 6.10. The first kappa shape index (κ1) is 20.2. The zero-order valence-electron chi connectivity index (χ0n) is 18.6. The minimum Gasteiger partial charge on any atom is -0.353 e. The molecule has 0 aliphatic carbocycles. The zero-order valence-corrected chi connectivity index (χ0v) is 18.6. The molecule has 9 nitrogen and oxygen atoms in total. The van der Waals surface area contributed by atoms with Crippen LogP contribution in [0.2, 0.25) is 0 Å². The molecule has 0 spiro atoms. The Hall–Kier alpha value is -3.75. The van der Waals surface area contributed by atoms with Crippen LogP contribution in [-0.4, -0.2) is 66.1 Å². The Balaban J connectivity index is 1.27. The lowest BCUT2D eigenvalue weighted by Crippen LogP contribution is -2.49. The molecule has 5 rings (SSSR count). The van der Waals surface area contributed by atoms with E-state index in [9.17, 15) is 4.79 Å². The lowest BCUT2D eigenvalue weighted by Gasteiger charge is -2.35. The first-order chi connectivity index (χ1) is 15.5. The van der Waals surface area contributed by atoms with E-state index in [4.69, 9.17) is 0 Å². The number of aryl methyl sites for hydroxylation is 2. The Bertz CT molecular complexity index is 1280. The maximum Gasteiger partial charge on any atom is 0.242 e. The van der Waals surface area contributed by atoms with Gasteiger partial charge in [0.2, 0.25) is 5.91 Å². The molecule has 9 heteroatoms. The normalized spacial score (nSPS) is 14.3. The predicted molar refractivity (Wildman–Crippen MR) is 122 cm³/mol. The fourth-order valence-corrected chi connectivity index (χ4v) is 4.12. The Labute approximate surface area is 186 Å². The van der Waals surface area contributed by atoms with Crippen LogP contribution < -0.4 is 4.90 Å². The highest BCUT2D eigenvalue weighted by Crippen LogP contribution is 2.20. The van der Waals surface area contributed by atoms with E-state index in [2.05, 4.69) is 24.8 Å². The van der Waals surface area contributed by atoms with Crippen molar-refractivity contribution in [3.8, 4) is 5.82 Å². The van der Waals surface area contributed by atoms with E-state index in [-0.39, 0.29) is 5.91 Å². The van der Waals surface area contributed by atoms with Crippen molar-refractivity contribution >= 4 is 22.8 Å². The van der Waals surface area contributed by atoms with E-state index >= 15 is 0 Å². The maximum absolute atomic E-state index is 12.9. The average Bonchev–Trinajstić information content (AvgIpc) is 3.36. The van der Waals surface area contributed by atoms with E-state index in [1.54, 1.807) is 12.7 Å². The van der Waals surface area contributed by atoms with Crippen LogP contribution in [0.15, 0.2) is 43.0 Å². The van der Waals surface area contributed by atoms with Crippen LogP contribution in [0.5, 0.6) is 0 Å². The minimum absolute atomic E-state index is 0.108. The van der Waals surface area contributed by atoms with E-state index in [0.29, 0.717) is 25.5 Å². The third-order valence-corrected chi connectivity index (χ3v) is 6.10. The van der Waals surface area contributed by atoms with Crippen molar-refractivity contribution in [2.75, 3.05) is 31.1 Å². The molecular formula is C23H26N8O. The molecule has 0 N–H and O–H groups in total. The molecule has 3 aromatic heterocycles. The van der Waals surface area contributed by atoms with E-state index in [1.807, 2.05) is 65.1 Å². The monoisotopic (exact) mass is 430 g/mol. The van der Waals surface area contributed by atoms with E-state index in [1.165, 1.54) is 0 Å². The number of rotatable bonds is 4. The van der Waals surface area contributed by atoms with Gasteiger partial charge in [0, 0.05) is 37.9 Å². The second-order valence-corrected chi connectivity index (χ2v) is 8.15. The fourth-order valence-electron chi connectivity index (χ4n) is 4.12. The molecule has 0 atom stereocenters. The van der Waals surface area contributed by atoms with Crippen molar-refractivity contribution in [3.63, 3.8) is 0 Å². The van der Waals surface area contributed by atoms with Crippen LogP contribution >= 0.6 is 0 Å². The quantitative estimate of drug-likeness (QED) is 0.494. The molecule has 0 bridgehead atoms. The summed E-state index contributed by atoms with van der Waals surface area (Å²) in [5.74, 6) is 2.52. The Morgan fingerprint density at radius 2 is 1.69 bits per heavy atom. The highest BCUT2D eigenvalue weighted by molar-refractivity contribution is 5.80. The summed E-state index contributed by atoms with van der Waals surface area (Å²) in [6.07, 6.45) is 3.54. The lowest BCUT2D eigenvalue weighted by molar-refractivity contribution is -0.132. The fraction of sp³-hybridized carbons (Fsp3) is 0.348. The van der Waals surface area contributed by atoms with Crippen molar-refractivity contribution in [1.29, 1.82) is 0 Å². The molecule has 32 heavy (non-hydrogen) atoms.